The highest BCUT2D eigenvalue weighted by atomic mass is 35.5. The quantitative estimate of drug-likeness (QED) is 0.497. The number of nitro groups is 1. The number of non-ortho nitro benzene ring substituents is 1. The fourth-order valence-corrected chi connectivity index (χ4v) is 2.04. The summed E-state index contributed by atoms with van der Waals surface area (Å²) < 4.78 is 1.21. The summed E-state index contributed by atoms with van der Waals surface area (Å²) in [6.45, 7) is 3.57. The Morgan fingerprint density at radius 1 is 1.29 bits per heavy atom. The van der Waals surface area contributed by atoms with Crippen molar-refractivity contribution in [3.05, 3.63) is 72.6 Å². The van der Waals surface area contributed by atoms with Crippen molar-refractivity contribution in [1.29, 1.82) is 0 Å². The minimum atomic E-state index is -0.517. The van der Waals surface area contributed by atoms with E-state index < -0.39 is 4.92 Å². The Kier molecular flexibility index (Phi) is 4.18. The van der Waals surface area contributed by atoms with E-state index in [0.29, 0.717) is 16.3 Å². The molecular formula is C14H12ClN3O3. The van der Waals surface area contributed by atoms with Crippen molar-refractivity contribution in [3.8, 4) is 0 Å². The van der Waals surface area contributed by atoms with Crippen molar-refractivity contribution in [2.45, 2.75) is 13.8 Å². The fourth-order valence-electron chi connectivity index (χ4n) is 1.87. The van der Waals surface area contributed by atoms with Crippen molar-refractivity contribution in [2.24, 2.45) is 5.10 Å². The molecule has 0 radical (unpaired) electrons. The topological polar surface area (TPSA) is 77.5 Å². The number of hydrogen-bond acceptors (Lipinski definition) is 4. The van der Waals surface area contributed by atoms with Gasteiger partial charge in [-0.25, -0.2) is 4.68 Å². The molecule has 0 saturated carbocycles. The molecule has 1 aromatic heterocycles. The second-order valence-electron chi connectivity index (χ2n) is 4.53. The van der Waals surface area contributed by atoms with Gasteiger partial charge < -0.3 is 0 Å². The highest BCUT2D eigenvalue weighted by Gasteiger charge is 2.08. The Hall–Kier alpha value is -2.47. The van der Waals surface area contributed by atoms with Gasteiger partial charge in [0.05, 0.1) is 11.1 Å². The van der Waals surface area contributed by atoms with E-state index in [1.165, 1.54) is 35.2 Å². The summed E-state index contributed by atoms with van der Waals surface area (Å²) >= 11 is 5.97. The van der Waals surface area contributed by atoms with Crippen molar-refractivity contribution < 1.29 is 4.92 Å². The summed E-state index contributed by atoms with van der Waals surface area (Å²) in [6, 6.07) is 7.31. The van der Waals surface area contributed by atoms with E-state index in [1.54, 1.807) is 6.92 Å². The number of aryl methyl sites for hydroxylation is 2. The van der Waals surface area contributed by atoms with Crippen LogP contribution in [0.15, 0.2) is 40.2 Å². The van der Waals surface area contributed by atoms with Crippen LogP contribution in [0, 0.1) is 24.0 Å². The lowest BCUT2D eigenvalue weighted by molar-refractivity contribution is -0.384. The van der Waals surface area contributed by atoms with Gasteiger partial charge in [-0.2, -0.15) is 5.10 Å². The monoisotopic (exact) mass is 305 g/mol. The lowest BCUT2D eigenvalue weighted by atomic mass is 10.2. The number of aromatic nitrogens is 1. The molecule has 0 amide bonds. The molecule has 6 nitrogen and oxygen atoms in total. The highest BCUT2D eigenvalue weighted by Crippen LogP contribution is 2.20. The van der Waals surface area contributed by atoms with Gasteiger partial charge in [-0.15, -0.1) is 0 Å². The standard InChI is InChI=1S/C14H12ClN3O3/c1-9-5-10(2)17(14(19)6-9)16-8-11-7-12(18(20)21)3-4-13(11)15/h3-8H,1-2H3/b16-8-. The maximum absolute atomic E-state index is 11.9. The zero-order valence-corrected chi connectivity index (χ0v) is 12.2. The Bertz CT molecular complexity index is 797. The third-order valence-corrected chi connectivity index (χ3v) is 3.18. The lowest BCUT2D eigenvalue weighted by Crippen LogP contribution is -2.18. The first-order valence-corrected chi connectivity index (χ1v) is 6.45. The summed E-state index contributed by atoms with van der Waals surface area (Å²) in [4.78, 5) is 22.1. The number of halogens is 1. The second kappa shape index (κ2) is 5.88. The average Bonchev–Trinajstić information content (AvgIpc) is 2.39. The Labute approximate surface area is 125 Å². The molecule has 1 aromatic carbocycles. The molecule has 0 bridgehead atoms. The van der Waals surface area contributed by atoms with Crippen LogP contribution in [0.25, 0.3) is 0 Å². The van der Waals surface area contributed by atoms with Crippen LogP contribution < -0.4 is 5.56 Å². The van der Waals surface area contributed by atoms with E-state index in [9.17, 15) is 14.9 Å². The Morgan fingerprint density at radius 3 is 2.62 bits per heavy atom. The summed E-state index contributed by atoms with van der Waals surface area (Å²) in [6.07, 6.45) is 1.33. The van der Waals surface area contributed by atoms with Crippen molar-refractivity contribution in [1.82, 2.24) is 4.68 Å². The molecule has 2 rings (SSSR count). The van der Waals surface area contributed by atoms with Crippen LogP contribution in [0.2, 0.25) is 5.02 Å². The minimum Gasteiger partial charge on any atom is -0.267 e. The van der Waals surface area contributed by atoms with E-state index >= 15 is 0 Å². The molecule has 7 heteroatoms. The summed E-state index contributed by atoms with van der Waals surface area (Å²) in [5.41, 5.74) is 1.52. The number of nitrogens with zero attached hydrogens (tertiary/aromatic N) is 3. The van der Waals surface area contributed by atoms with Crippen LogP contribution in [0.5, 0.6) is 0 Å². The number of pyridine rings is 1. The van der Waals surface area contributed by atoms with Crippen LogP contribution in [-0.2, 0) is 0 Å². The first kappa shape index (κ1) is 14.9. The first-order valence-electron chi connectivity index (χ1n) is 6.07. The van der Waals surface area contributed by atoms with Gasteiger partial charge in [0.15, 0.2) is 0 Å². The van der Waals surface area contributed by atoms with E-state index in [-0.39, 0.29) is 11.2 Å². The number of hydrogen-bond donors (Lipinski definition) is 0. The summed E-state index contributed by atoms with van der Waals surface area (Å²) in [5, 5.41) is 15.1. The molecule has 0 N–H and O–H groups in total. The van der Waals surface area contributed by atoms with Gasteiger partial charge in [0.2, 0.25) is 0 Å². The van der Waals surface area contributed by atoms with Gasteiger partial charge in [0, 0.05) is 34.5 Å². The van der Waals surface area contributed by atoms with Gasteiger partial charge in [-0.05, 0) is 31.5 Å². The SMILES string of the molecule is Cc1cc(C)n(/N=C\c2cc([N+](=O)[O-])ccc2Cl)c(=O)c1. The zero-order chi connectivity index (χ0) is 15.6. The van der Waals surface area contributed by atoms with Crippen LogP contribution in [0.1, 0.15) is 16.8 Å². The second-order valence-corrected chi connectivity index (χ2v) is 4.94. The molecule has 0 spiro atoms. The van der Waals surface area contributed by atoms with Gasteiger partial charge >= 0.3 is 0 Å². The molecule has 0 aliphatic carbocycles. The molecular weight excluding hydrogens is 294 g/mol. The molecule has 0 fully saturated rings. The Morgan fingerprint density at radius 2 is 2.00 bits per heavy atom. The van der Waals surface area contributed by atoms with E-state index in [0.717, 1.165) is 5.56 Å². The fraction of sp³-hybridized carbons (Fsp3) is 0.143. The third kappa shape index (κ3) is 3.35. The van der Waals surface area contributed by atoms with Crippen LogP contribution in [0.4, 0.5) is 5.69 Å². The molecule has 1 heterocycles. The third-order valence-electron chi connectivity index (χ3n) is 2.83. The van der Waals surface area contributed by atoms with Gasteiger partial charge in [0.25, 0.3) is 11.2 Å². The zero-order valence-electron chi connectivity index (χ0n) is 11.4. The average molecular weight is 306 g/mol. The molecule has 21 heavy (non-hydrogen) atoms. The van der Waals surface area contributed by atoms with Crippen LogP contribution in [-0.4, -0.2) is 15.8 Å². The molecule has 0 aliphatic rings. The van der Waals surface area contributed by atoms with Gasteiger partial charge in [-0.1, -0.05) is 11.6 Å². The van der Waals surface area contributed by atoms with Crippen molar-refractivity contribution in [2.75, 3.05) is 0 Å². The summed E-state index contributed by atoms with van der Waals surface area (Å²) in [7, 11) is 0. The van der Waals surface area contributed by atoms with E-state index in [2.05, 4.69) is 5.10 Å². The van der Waals surface area contributed by atoms with Crippen LogP contribution >= 0.6 is 11.6 Å². The Balaban J connectivity index is 2.45. The number of rotatable bonds is 3. The lowest BCUT2D eigenvalue weighted by Gasteiger charge is -2.04. The van der Waals surface area contributed by atoms with Crippen LogP contribution in [0.3, 0.4) is 0 Å². The first-order chi connectivity index (χ1) is 9.88. The smallest absolute Gasteiger partial charge is 0.267 e. The maximum atomic E-state index is 11.9. The molecule has 0 unspecified atom stereocenters. The maximum Gasteiger partial charge on any atom is 0.271 e. The largest absolute Gasteiger partial charge is 0.271 e. The number of nitro benzene ring substituents is 1. The molecule has 108 valence electrons. The highest BCUT2D eigenvalue weighted by molar-refractivity contribution is 6.33. The normalized spacial score (nSPS) is 11.0. The van der Waals surface area contributed by atoms with Gasteiger partial charge in [0.1, 0.15) is 0 Å². The molecule has 0 aliphatic heterocycles. The predicted molar refractivity (Wildman–Crippen MR) is 81.3 cm³/mol. The van der Waals surface area contributed by atoms with E-state index in [1.807, 2.05) is 13.0 Å². The molecule has 0 saturated heterocycles. The molecule has 2 aromatic rings. The minimum absolute atomic E-state index is 0.0891. The van der Waals surface area contributed by atoms with Gasteiger partial charge in [-0.3, -0.25) is 14.9 Å². The van der Waals surface area contributed by atoms with Crippen molar-refractivity contribution >= 4 is 23.5 Å². The summed E-state index contributed by atoms with van der Waals surface area (Å²) in [5.74, 6) is 0. The van der Waals surface area contributed by atoms with Crippen molar-refractivity contribution in [3.63, 3.8) is 0 Å². The number of benzene rings is 1. The molecule has 0 atom stereocenters. The predicted octanol–water partition coefficient (Wildman–Crippen LogP) is 2.91. The van der Waals surface area contributed by atoms with E-state index in [4.69, 9.17) is 11.6 Å².